The molecule has 0 bridgehead atoms. The number of hydrogen-bond acceptors (Lipinski definition) is 4. The Bertz CT molecular complexity index is 201. The van der Waals surface area contributed by atoms with Gasteiger partial charge in [0.05, 0.1) is 13.2 Å². The van der Waals surface area contributed by atoms with Gasteiger partial charge in [-0.2, -0.15) is 0 Å². The zero-order valence-corrected chi connectivity index (χ0v) is 13.7. The molecular formula is C15H34N2O2. The molecule has 0 heterocycles. The van der Waals surface area contributed by atoms with Crippen LogP contribution < -0.4 is 5.32 Å². The van der Waals surface area contributed by atoms with Crippen LogP contribution in [0.25, 0.3) is 0 Å². The standard InChI is InChI=1S/C15H34N2O2/c1-7-15(11-16-10-13(2)3)17(8-9-18-5)14(4)12-19-6/h13-16H,7-12H2,1-6H3. The van der Waals surface area contributed by atoms with Crippen LogP contribution in [0, 0.1) is 5.92 Å². The van der Waals surface area contributed by atoms with Crippen molar-refractivity contribution in [2.45, 2.75) is 46.2 Å². The lowest BCUT2D eigenvalue weighted by molar-refractivity contribution is 0.0453. The van der Waals surface area contributed by atoms with Crippen LogP contribution in [0.5, 0.6) is 0 Å². The molecule has 0 aromatic rings. The third-order valence-corrected chi connectivity index (χ3v) is 3.40. The Morgan fingerprint density at radius 3 is 2.21 bits per heavy atom. The first-order chi connectivity index (χ1) is 9.06. The van der Waals surface area contributed by atoms with E-state index < -0.39 is 0 Å². The van der Waals surface area contributed by atoms with Gasteiger partial charge in [-0.05, 0) is 25.8 Å². The van der Waals surface area contributed by atoms with Gasteiger partial charge in [0.1, 0.15) is 0 Å². The fraction of sp³-hybridized carbons (Fsp3) is 1.00. The molecule has 0 aromatic heterocycles. The molecule has 0 spiro atoms. The van der Waals surface area contributed by atoms with Gasteiger partial charge < -0.3 is 14.8 Å². The first kappa shape index (κ1) is 18.8. The Morgan fingerprint density at radius 2 is 1.74 bits per heavy atom. The molecular weight excluding hydrogens is 240 g/mol. The maximum Gasteiger partial charge on any atom is 0.0615 e. The summed E-state index contributed by atoms with van der Waals surface area (Å²) in [5.74, 6) is 0.696. The minimum absolute atomic E-state index is 0.422. The van der Waals surface area contributed by atoms with Gasteiger partial charge in [-0.15, -0.1) is 0 Å². The third-order valence-electron chi connectivity index (χ3n) is 3.40. The molecule has 0 fully saturated rings. The summed E-state index contributed by atoms with van der Waals surface area (Å²) in [5.41, 5.74) is 0. The monoisotopic (exact) mass is 274 g/mol. The number of methoxy groups -OCH3 is 2. The SMILES string of the molecule is CCC(CNCC(C)C)N(CCOC)C(C)COC. The van der Waals surface area contributed by atoms with Crippen molar-refractivity contribution >= 4 is 0 Å². The molecule has 2 unspecified atom stereocenters. The van der Waals surface area contributed by atoms with E-state index >= 15 is 0 Å². The van der Waals surface area contributed by atoms with Crippen LogP contribution in [0.1, 0.15) is 34.1 Å². The highest BCUT2D eigenvalue weighted by atomic mass is 16.5. The first-order valence-electron chi connectivity index (χ1n) is 7.51. The summed E-state index contributed by atoms with van der Waals surface area (Å²) in [6.07, 6.45) is 1.14. The fourth-order valence-corrected chi connectivity index (χ4v) is 2.33. The van der Waals surface area contributed by atoms with Crippen molar-refractivity contribution in [2.24, 2.45) is 5.92 Å². The molecule has 0 aliphatic carbocycles. The van der Waals surface area contributed by atoms with Crippen molar-refractivity contribution in [3.63, 3.8) is 0 Å². The number of ether oxygens (including phenoxy) is 2. The molecule has 0 radical (unpaired) electrons. The molecule has 2 atom stereocenters. The summed E-state index contributed by atoms with van der Waals surface area (Å²) in [6, 6.07) is 0.963. The minimum atomic E-state index is 0.422. The Labute approximate surface area is 119 Å². The van der Waals surface area contributed by atoms with Gasteiger partial charge in [-0.1, -0.05) is 20.8 Å². The molecule has 0 saturated heterocycles. The van der Waals surface area contributed by atoms with E-state index in [1.165, 1.54) is 0 Å². The van der Waals surface area contributed by atoms with Crippen LogP contribution in [0.2, 0.25) is 0 Å². The maximum absolute atomic E-state index is 5.30. The molecule has 0 rings (SSSR count). The van der Waals surface area contributed by atoms with E-state index in [4.69, 9.17) is 9.47 Å². The number of nitrogens with one attached hydrogen (secondary N) is 1. The highest BCUT2D eigenvalue weighted by molar-refractivity contribution is 4.78. The third kappa shape index (κ3) is 8.58. The van der Waals surface area contributed by atoms with E-state index in [0.29, 0.717) is 18.0 Å². The van der Waals surface area contributed by atoms with E-state index in [1.54, 1.807) is 14.2 Å². The second kappa shape index (κ2) is 11.6. The topological polar surface area (TPSA) is 33.7 Å². The number of nitrogens with zero attached hydrogens (tertiary/aromatic N) is 1. The van der Waals surface area contributed by atoms with Crippen LogP contribution >= 0.6 is 0 Å². The molecule has 19 heavy (non-hydrogen) atoms. The highest BCUT2D eigenvalue weighted by Crippen LogP contribution is 2.09. The summed E-state index contributed by atoms with van der Waals surface area (Å²) >= 11 is 0. The molecule has 4 nitrogen and oxygen atoms in total. The lowest BCUT2D eigenvalue weighted by Gasteiger charge is -2.36. The largest absolute Gasteiger partial charge is 0.383 e. The molecule has 116 valence electrons. The molecule has 1 N–H and O–H groups in total. The Balaban J connectivity index is 4.39. The Kier molecular flexibility index (Phi) is 11.6. The zero-order valence-electron chi connectivity index (χ0n) is 13.7. The summed E-state index contributed by atoms with van der Waals surface area (Å²) in [6.45, 7) is 13.6. The van der Waals surface area contributed by atoms with Gasteiger partial charge in [0.15, 0.2) is 0 Å². The summed E-state index contributed by atoms with van der Waals surface area (Å²) in [5, 5.41) is 3.57. The average Bonchev–Trinajstić information content (AvgIpc) is 2.36. The zero-order chi connectivity index (χ0) is 14.7. The number of hydrogen-bond donors (Lipinski definition) is 1. The van der Waals surface area contributed by atoms with E-state index in [0.717, 1.165) is 39.3 Å². The van der Waals surface area contributed by atoms with E-state index in [-0.39, 0.29) is 0 Å². The van der Waals surface area contributed by atoms with Crippen molar-refractivity contribution in [1.29, 1.82) is 0 Å². The second-order valence-electron chi connectivity index (χ2n) is 5.65. The predicted octanol–water partition coefficient (Wildman–Crippen LogP) is 1.99. The lowest BCUT2D eigenvalue weighted by Crippen LogP contribution is -2.49. The summed E-state index contributed by atoms with van der Waals surface area (Å²) in [7, 11) is 3.53. The summed E-state index contributed by atoms with van der Waals surface area (Å²) in [4.78, 5) is 2.50. The van der Waals surface area contributed by atoms with Crippen LogP contribution in [0.4, 0.5) is 0 Å². The molecule has 0 amide bonds. The van der Waals surface area contributed by atoms with Gasteiger partial charge >= 0.3 is 0 Å². The van der Waals surface area contributed by atoms with Gasteiger partial charge in [-0.3, -0.25) is 4.90 Å². The van der Waals surface area contributed by atoms with Gasteiger partial charge in [0.25, 0.3) is 0 Å². The Hall–Kier alpha value is -0.160. The van der Waals surface area contributed by atoms with Crippen LogP contribution in [0.15, 0.2) is 0 Å². The van der Waals surface area contributed by atoms with Crippen LogP contribution in [-0.4, -0.2) is 64.1 Å². The molecule has 0 aliphatic rings. The van der Waals surface area contributed by atoms with Crippen molar-refractivity contribution < 1.29 is 9.47 Å². The molecule has 0 saturated carbocycles. The quantitative estimate of drug-likeness (QED) is 0.590. The smallest absolute Gasteiger partial charge is 0.0615 e. The van der Waals surface area contributed by atoms with Gasteiger partial charge in [0.2, 0.25) is 0 Å². The highest BCUT2D eigenvalue weighted by Gasteiger charge is 2.21. The second-order valence-corrected chi connectivity index (χ2v) is 5.65. The van der Waals surface area contributed by atoms with E-state index in [9.17, 15) is 0 Å². The minimum Gasteiger partial charge on any atom is -0.383 e. The average molecular weight is 274 g/mol. The van der Waals surface area contributed by atoms with Gasteiger partial charge in [-0.25, -0.2) is 0 Å². The van der Waals surface area contributed by atoms with Crippen molar-refractivity contribution in [3.8, 4) is 0 Å². The molecule has 4 heteroatoms. The van der Waals surface area contributed by atoms with E-state index in [1.807, 2.05) is 0 Å². The summed E-state index contributed by atoms with van der Waals surface area (Å²) < 4.78 is 10.5. The van der Waals surface area contributed by atoms with Crippen LogP contribution in [-0.2, 0) is 9.47 Å². The number of rotatable bonds is 12. The first-order valence-corrected chi connectivity index (χ1v) is 7.51. The lowest BCUT2D eigenvalue weighted by atomic mass is 10.1. The fourth-order valence-electron chi connectivity index (χ4n) is 2.33. The molecule has 0 aliphatic heterocycles. The van der Waals surface area contributed by atoms with Crippen LogP contribution in [0.3, 0.4) is 0 Å². The normalized spacial score (nSPS) is 15.2. The van der Waals surface area contributed by atoms with Crippen molar-refractivity contribution in [3.05, 3.63) is 0 Å². The van der Waals surface area contributed by atoms with Crippen molar-refractivity contribution in [2.75, 3.05) is 47.1 Å². The maximum atomic E-state index is 5.30. The van der Waals surface area contributed by atoms with E-state index in [2.05, 4.69) is 37.9 Å². The van der Waals surface area contributed by atoms with Gasteiger partial charge in [0, 0.05) is 39.4 Å². The molecule has 0 aromatic carbocycles. The predicted molar refractivity (Wildman–Crippen MR) is 81.7 cm³/mol. The Morgan fingerprint density at radius 1 is 1.05 bits per heavy atom. The van der Waals surface area contributed by atoms with Crippen molar-refractivity contribution in [1.82, 2.24) is 10.2 Å².